The fourth-order valence-corrected chi connectivity index (χ4v) is 2.38. The molecule has 0 radical (unpaired) electrons. The summed E-state index contributed by atoms with van der Waals surface area (Å²) in [7, 11) is 0. The number of benzene rings is 1. The first-order chi connectivity index (χ1) is 9.61. The smallest absolute Gasteiger partial charge is 0.387 e. The maximum absolute atomic E-state index is 12.4. The van der Waals surface area contributed by atoms with E-state index in [1.165, 1.54) is 12.1 Å². The summed E-state index contributed by atoms with van der Waals surface area (Å²) in [4.78, 5) is 14.0. The standard InChI is InChI=1S/C14H18F2N2O2/c15-14(16)20-12-4-2-1-3-11(12)13(19)18-7-5-10(9-17)6-8-18/h1-4,10,14H,5-9,17H2. The number of amides is 1. The molecule has 1 heterocycles. The molecule has 0 spiro atoms. The Morgan fingerprint density at radius 1 is 1.35 bits per heavy atom. The van der Waals surface area contributed by atoms with Gasteiger partial charge in [-0.15, -0.1) is 0 Å². The lowest BCUT2D eigenvalue weighted by Crippen LogP contribution is -2.40. The summed E-state index contributed by atoms with van der Waals surface area (Å²) >= 11 is 0. The molecule has 4 nitrogen and oxygen atoms in total. The van der Waals surface area contributed by atoms with Crippen molar-refractivity contribution < 1.29 is 18.3 Å². The Kier molecular flexibility index (Phi) is 4.89. The molecule has 1 fully saturated rings. The van der Waals surface area contributed by atoms with Gasteiger partial charge in [0.25, 0.3) is 5.91 Å². The summed E-state index contributed by atoms with van der Waals surface area (Å²) in [5, 5.41) is 0. The van der Waals surface area contributed by atoms with Crippen LogP contribution in [0.3, 0.4) is 0 Å². The van der Waals surface area contributed by atoms with E-state index in [-0.39, 0.29) is 17.2 Å². The molecule has 1 aromatic rings. The molecule has 20 heavy (non-hydrogen) atoms. The zero-order chi connectivity index (χ0) is 14.5. The molecular weight excluding hydrogens is 266 g/mol. The van der Waals surface area contributed by atoms with Gasteiger partial charge in [0.1, 0.15) is 5.75 Å². The van der Waals surface area contributed by atoms with Crippen LogP contribution in [0.4, 0.5) is 8.78 Å². The van der Waals surface area contributed by atoms with E-state index in [4.69, 9.17) is 5.73 Å². The minimum Gasteiger partial charge on any atom is -0.434 e. The van der Waals surface area contributed by atoms with Crippen molar-refractivity contribution in [1.29, 1.82) is 0 Å². The molecule has 0 aromatic heterocycles. The molecule has 0 saturated carbocycles. The maximum Gasteiger partial charge on any atom is 0.387 e. The Morgan fingerprint density at radius 3 is 2.60 bits per heavy atom. The summed E-state index contributed by atoms with van der Waals surface area (Å²) in [5.41, 5.74) is 5.79. The predicted octanol–water partition coefficient (Wildman–Crippen LogP) is 2.10. The second-order valence-corrected chi connectivity index (χ2v) is 4.85. The van der Waals surface area contributed by atoms with E-state index in [1.807, 2.05) is 0 Å². The molecule has 0 unspecified atom stereocenters. The Morgan fingerprint density at radius 2 is 2.00 bits per heavy atom. The topological polar surface area (TPSA) is 55.6 Å². The normalized spacial score (nSPS) is 16.5. The van der Waals surface area contributed by atoms with Gasteiger partial charge in [0, 0.05) is 13.1 Å². The quantitative estimate of drug-likeness (QED) is 0.921. The molecule has 110 valence electrons. The van der Waals surface area contributed by atoms with Crippen molar-refractivity contribution in [2.24, 2.45) is 11.7 Å². The number of hydrogen-bond donors (Lipinski definition) is 1. The van der Waals surface area contributed by atoms with Crippen LogP contribution in [-0.4, -0.2) is 37.1 Å². The molecular formula is C14H18F2N2O2. The number of nitrogens with zero attached hydrogens (tertiary/aromatic N) is 1. The first kappa shape index (κ1) is 14.7. The minimum absolute atomic E-state index is 0.0755. The number of carbonyl (C=O) groups excluding carboxylic acids is 1. The van der Waals surface area contributed by atoms with Crippen molar-refractivity contribution in [1.82, 2.24) is 4.90 Å². The molecule has 2 rings (SSSR count). The number of para-hydroxylation sites is 1. The monoisotopic (exact) mass is 284 g/mol. The lowest BCUT2D eigenvalue weighted by molar-refractivity contribution is -0.0503. The molecule has 0 bridgehead atoms. The largest absolute Gasteiger partial charge is 0.434 e. The highest BCUT2D eigenvalue weighted by molar-refractivity contribution is 5.97. The van der Waals surface area contributed by atoms with Crippen LogP contribution in [0.1, 0.15) is 23.2 Å². The molecule has 1 saturated heterocycles. The Bertz CT molecular complexity index is 460. The van der Waals surface area contributed by atoms with Gasteiger partial charge in [-0.05, 0) is 37.4 Å². The van der Waals surface area contributed by atoms with Crippen LogP contribution >= 0.6 is 0 Å². The summed E-state index contributed by atoms with van der Waals surface area (Å²) in [6.45, 7) is -1.12. The highest BCUT2D eigenvalue weighted by Gasteiger charge is 2.25. The molecule has 6 heteroatoms. The number of alkyl halides is 2. The van der Waals surface area contributed by atoms with Crippen molar-refractivity contribution in [3.63, 3.8) is 0 Å². The highest BCUT2D eigenvalue weighted by Crippen LogP contribution is 2.24. The molecule has 0 atom stereocenters. The maximum atomic E-state index is 12.4. The number of hydrogen-bond acceptors (Lipinski definition) is 3. The van der Waals surface area contributed by atoms with Gasteiger partial charge in [0.2, 0.25) is 0 Å². The number of likely N-dealkylation sites (tertiary alicyclic amines) is 1. The first-order valence-electron chi connectivity index (χ1n) is 6.65. The lowest BCUT2D eigenvalue weighted by atomic mass is 9.96. The summed E-state index contributed by atoms with van der Waals surface area (Å²) in [5.74, 6) is 0.0942. The number of carbonyl (C=O) groups is 1. The number of halogens is 2. The van der Waals surface area contributed by atoms with Gasteiger partial charge in [-0.3, -0.25) is 4.79 Å². The predicted molar refractivity (Wildman–Crippen MR) is 70.8 cm³/mol. The van der Waals surface area contributed by atoms with Gasteiger partial charge >= 0.3 is 6.61 Å². The van der Waals surface area contributed by atoms with E-state index in [0.717, 1.165) is 12.8 Å². The third-order valence-electron chi connectivity index (χ3n) is 3.57. The van der Waals surface area contributed by atoms with Crippen LogP contribution in [0.5, 0.6) is 5.75 Å². The lowest BCUT2D eigenvalue weighted by Gasteiger charge is -2.31. The molecule has 1 aliphatic rings. The fraction of sp³-hybridized carbons (Fsp3) is 0.500. The first-order valence-corrected chi connectivity index (χ1v) is 6.65. The molecule has 1 aromatic carbocycles. The molecule has 0 aliphatic carbocycles. The van der Waals surface area contributed by atoms with Crippen LogP contribution in [0, 0.1) is 5.92 Å². The van der Waals surface area contributed by atoms with Crippen LogP contribution in [0.15, 0.2) is 24.3 Å². The Hall–Kier alpha value is -1.69. The average molecular weight is 284 g/mol. The van der Waals surface area contributed by atoms with Crippen molar-refractivity contribution in [3.8, 4) is 5.75 Å². The summed E-state index contributed by atoms with van der Waals surface area (Å²) in [6, 6.07) is 6.09. The van der Waals surface area contributed by atoms with Crippen LogP contribution in [0.2, 0.25) is 0 Å². The van der Waals surface area contributed by atoms with E-state index in [1.54, 1.807) is 17.0 Å². The number of rotatable bonds is 4. The molecule has 1 amide bonds. The zero-order valence-corrected chi connectivity index (χ0v) is 11.1. The third-order valence-corrected chi connectivity index (χ3v) is 3.57. The fourth-order valence-electron chi connectivity index (χ4n) is 2.38. The third kappa shape index (κ3) is 3.45. The van der Waals surface area contributed by atoms with E-state index in [2.05, 4.69) is 4.74 Å². The number of nitrogens with two attached hydrogens (primary N) is 1. The second kappa shape index (κ2) is 6.65. The Labute approximate surface area is 116 Å². The minimum atomic E-state index is -2.94. The van der Waals surface area contributed by atoms with E-state index in [0.29, 0.717) is 25.6 Å². The van der Waals surface area contributed by atoms with Gasteiger partial charge in [-0.1, -0.05) is 12.1 Å². The van der Waals surface area contributed by atoms with Gasteiger partial charge in [0.05, 0.1) is 5.56 Å². The van der Waals surface area contributed by atoms with Crippen LogP contribution in [0.25, 0.3) is 0 Å². The van der Waals surface area contributed by atoms with Gasteiger partial charge in [-0.25, -0.2) is 0 Å². The number of ether oxygens (including phenoxy) is 1. The van der Waals surface area contributed by atoms with Crippen LogP contribution < -0.4 is 10.5 Å². The summed E-state index contributed by atoms with van der Waals surface area (Å²) < 4.78 is 29.1. The molecule has 2 N–H and O–H groups in total. The Balaban J connectivity index is 2.09. The zero-order valence-electron chi connectivity index (χ0n) is 11.1. The van der Waals surface area contributed by atoms with Gasteiger partial charge in [0.15, 0.2) is 0 Å². The summed E-state index contributed by atoms with van der Waals surface area (Å²) in [6.07, 6.45) is 1.69. The van der Waals surface area contributed by atoms with Crippen molar-refractivity contribution in [2.45, 2.75) is 19.5 Å². The van der Waals surface area contributed by atoms with E-state index < -0.39 is 6.61 Å². The van der Waals surface area contributed by atoms with Crippen LogP contribution in [-0.2, 0) is 0 Å². The van der Waals surface area contributed by atoms with E-state index >= 15 is 0 Å². The molecule has 1 aliphatic heterocycles. The van der Waals surface area contributed by atoms with Gasteiger partial charge in [-0.2, -0.15) is 8.78 Å². The average Bonchev–Trinajstić information content (AvgIpc) is 2.46. The van der Waals surface area contributed by atoms with E-state index in [9.17, 15) is 13.6 Å². The second-order valence-electron chi connectivity index (χ2n) is 4.85. The van der Waals surface area contributed by atoms with Crippen molar-refractivity contribution in [3.05, 3.63) is 29.8 Å². The SMILES string of the molecule is NCC1CCN(C(=O)c2ccccc2OC(F)F)CC1. The van der Waals surface area contributed by atoms with Crippen molar-refractivity contribution >= 4 is 5.91 Å². The van der Waals surface area contributed by atoms with Gasteiger partial charge < -0.3 is 15.4 Å². The highest BCUT2D eigenvalue weighted by atomic mass is 19.3. The van der Waals surface area contributed by atoms with Crippen molar-refractivity contribution in [2.75, 3.05) is 19.6 Å². The number of piperidine rings is 1.